The number of furan rings is 1. The summed E-state index contributed by atoms with van der Waals surface area (Å²) in [6, 6.07) is 11.2. The predicted molar refractivity (Wildman–Crippen MR) is 80.7 cm³/mol. The second-order valence-corrected chi connectivity index (χ2v) is 5.20. The Labute approximate surface area is 122 Å². The van der Waals surface area contributed by atoms with Crippen LogP contribution in [0.5, 0.6) is 5.75 Å². The standard InChI is InChI=1S/C17H17NO3/c1-12(2)21-16-6-3-5-14-13(16)8-9-18(14)11-15(19)17-7-4-10-20-17/h3-10,12H,11H2,1-2H3. The van der Waals surface area contributed by atoms with Crippen LogP contribution < -0.4 is 4.74 Å². The molecule has 0 aliphatic rings. The Morgan fingerprint density at radius 3 is 2.81 bits per heavy atom. The number of carbonyl (C=O) groups excluding carboxylic acids is 1. The van der Waals surface area contributed by atoms with E-state index in [4.69, 9.17) is 9.15 Å². The zero-order chi connectivity index (χ0) is 14.8. The zero-order valence-electron chi connectivity index (χ0n) is 12.1. The topological polar surface area (TPSA) is 44.4 Å². The van der Waals surface area contributed by atoms with Crippen LogP contribution >= 0.6 is 0 Å². The average molecular weight is 283 g/mol. The molecular formula is C17H17NO3. The molecule has 0 saturated carbocycles. The van der Waals surface area contributed by atoms with Gasteiger partial charge >= 0.3 is 0 Å². The van der Waals surface area contributed by atoms with Crippen LogP contribution in [0, 0.1) is 0 Å². The number of ether oxygens (including phenoxy) is 1. The highest BCUT2D eigenvalue weighted by Crippen LogP contribution is 2.27. The number of carbonyl (C=O) groups is 1. The van der Waals surface area contributed by atoms with Crippen molar-refractivity contribution in [1.29, 1.82) is 0 Å². The first kappa shape index (κ1) is 13.5. The highest BCUT2D eigenvalue weighted by molar-refractivity contribution is 5.95. The molecule has 0 atom stereocenters. The molecule has 3 rings (SSSR count). The van der Waals surface area contributed by atoms with Crippen LogP contribution in [0.15, 0.2) is 53.3 Å². The van der Waals surface area contributed by atoms with Crippen molar-refractivity contribution in [3.05, 3.63) is 54.6 Å². The van der Waals surface area contributed by atoms with Gasteiger partial charge in [-0.15, -0.1) is 0 Å². The van der Waals surface area contributed by atoms with E-state index in [2.05, 4.69) is 0 Å². The van der Waals surface area contributed by atoms with E-state index in [-0.39, 0.29) is 18.4 Å². The van der Waals surface area contributed by atoms with Gasteiger partial charge < -0.3 is 13.7 Å². The second kappa shape index (κ2) is 5.48. The molecule has 0 N–H and O–H groups in total. The first-order valence-electron chi connectivity index (χ1n) is 6.96. The summed E-state index contributed by atoms with van der Waals surface area (Å²) < 4.78 is 12.9. The Morgan fingerprint density at radius 1 is 1.24 bits per heavy atom. The maximum absolute atomic E-state index is 12.1. The second-order valence-electron chi connectivity index (χ2n) is 5.20. The summed E-state index contributed by atoms with van der Waals surface area (Å²) in [5.41, 5.74) is 0.980. The third kappa shape index (κ3) is 2.70. The normalized spacial score (nSPS) is 11.2. The molecule has 0 radical (unpaired) electrons. The van der Waals surface area contributed by atoms with Gasteiger partial charge in [-0.3, -0.25) is 4.79 Å². The van der Waals surface area contributed by atoms with Crippen LogP contribution in [-0.2, 0) is 6.54 Å². The number of aromatic nitrogens is 1. The lowest BCUT2D eigenvalue weighted by Gasteiger charge is -2.11. The van der Waals surface area contributed by atoms with Crippen LogP contribution in [0.1, 0.15) is 24.4 Å². The maximum atomic E-state index is 12.1. The third-order valence-electron chi connectivity index (χ3n) is 3.25. The molecule has 4 nitrogen and oxygen atoms in total. The Kier molecular flexibility index (Phi) is 3.52. The highest BCUT2D eigenvalue weighted by Gasteiger charge is 2.13. The first-order valence-corrected chi connectivity index (χ1v) is 6.96. The van der Waals surface area contributed by atoms with Crippen LogP contribution in [-0.4, -0.2) is 16.5 Å². The van der Waals surface area contributed by atoms with Gasteiger partial charge in [0.05, 0.1) is 24.4 Å². The van der Waals surface area contributed by atoms with E-state index in [1.165, 1.54) is 6.26 Å². The largest absolute Gasteiger partial charge is 0.490 e. The van der Waals surface area contributed by atoms with E-state index in [9.17, 15) is 4.79 Å². The molecular weight excluding hydrogens is 266 g/mol. The van der Waals surface area contributed by atoms with Crippen molar-refractivity contribution in [2.24, 2.45) is 0 Å². The Balaban J connectivity index is 1.92. The van der Waals surface area contributed by atoms with Crippen LogP contribution in [0.2, 0.25) is 0 Å². The van der Waals surface area contributed by atoms with Crippen LogP contribution in [0.3, 0.4) is 0 Å². The average Bonchev–Trinajstić information content (AvgIpc) is 3.08. The van der Waals surface area contributed by atoms with E-state index in [1.807, 2.05) is 48.9 Å². The van der Waals surface area contributed by atoms with Gasteiger partial charge in [-0.2, -0.15) is 0 Å². The van der Waals surface area contributed by atoms with Crippen LogP contribution in [0.4, 0.5) is 0 Å². The Morgan fingerprint density at radius 2 is 2.10 bits per heavy atom. The highest BCUT2D eigenvalue weighted by atomic mass is 16.5. The molecule has 0 unspecified atom stereocenters. The number of hydrogen-bond donors (Lipinski definition) is 0. The van der Waals surface area contributed by atoms with Gasteiger partial charge in [-0.1, -0.05) is 6.07 Å². The summed E-state index contributed by atoms with van der Waals surface area (Å²) in [5, 5.41) is 1.01. The lowest BCUT2D eigenvalue weighted by molar-refractivity contribution is 0.0946. The number of fused-ring (bicyclic) bond motifs is 1. The minimum Gasteiger partial charge on any atom is -0.490 e. The quantitative estimate of drug-likeness (QED) is 0.667. The van der Waals surface area contributed by atoms with Gasteiger partial charge in [0.25, 0.3) is 0 Å². The summed E-state index contributed by atoms with van der Waals surface area (Å²) in [7, 11) is 0. The summed E-state index contributed by atoms with van der Waals surface area (Å²) in [6.45, 7) is 4.24. The minimum absolute atomic E-state index is 0.0484. The molecule has 1 aromatic carbocycles. The van der Waals surface area contributed by atoms with E-state index >= 15 is 0 Å². The smallest absolute Gasteiger partial charge is 0.217 e. The fourth-order valence-electron chi connectivity index (χ4n) is 2.36. The molecule has 0 saturated heterocycles. The van der Waals surface area contributed by atoms with Crippen molar-refractivity contribution in [2.75, 3.05) is 0 Å². The SMILES string of the molecule is CC(C)Oc1cccc2c1ccn2CC(=O)c1ccco1. The maximum Gasteiger partial charge on any atom is 0.217 e. The van der Waals surface area contributed by atoms with E-state index < -0.39 is 0 Å². The van der Waals surface area contributed by atoms with Crippen molar-refractivity contribution in [3.63, 3.8) is 0 Å². The molecule has 21 heavy (non-hydrogen) atoms. The summed E-state index contributed by atoms with van der Waals surface area (Å²) in [4.78, 5) is 12.1. The van der Waals surface area contributed by atoms with Gasteiger partial charge in [-0.25, -0.2) is 0 Å². The third-order valence-corrected chi connectivity index (χ3v) is 3.25. The Hall–Kier alpha value is -2.49. The molecule has 0 bridgehead atoms. The molecule has 0 spiro atoms. The zero-order valence-corrected chi connectivity index (χ0v) is 12.1. The van der Waals surface area contributed by atoms with Crippen molar-refractivity contribution in [3.8, 4) is 5.75 Å². The van der Waals surface area contributed by atoms with E-state index in [0.29, 0.717) is 5.76 Å². The number of ketones is 1. The molecule has 3 aromatic rings. The summed E-state index contributed by atoms with van der Waals surface area (Å²) in [5.74, 6) is 1.17. The number of benzene rings is 1. The number of nitrogens with zero attached hydrogens (tertiary/aromatic N) is 1. The molecule has 0 fully saturated rings. The Bertz CT molecular complexity index is 754. The molecule has 2 heterocycles. The minimum atomic E-state index is -0.0484. The van der Waals surface area contributed by atoms with E-state index in [1.54, 1.807) is 12.1 Å². The first-order chi connectivity index (χ1) is 10.1. The fraction of sp³-hybridized carbons (Fsp3) is 0.235. The van der Waals surface area contributed by atoms with Gasteiger partial charge in [0.1, 0.15) is 5.75 Å². The molecule has 0 aliphatic heterocycles. The molecule has 108 valence electrons. The molecule has 0 aliphatic carbocycles. The van der Waals surface area contributed by atoms with Crippen LogP contribution in [0.25, 0.3) is 10.9 Å². The van der Waals surface area contributed by atoms with Gasteiger partial charge in [0.2, 0.25) is 5.78 Å². The van der Waals surface area contributed by atoms with E-state index in [0.717, 1.165) is 16.7 Å². The molecule has 2 aromatic heterocycles. The number of hydrogen-bond acceptors (Lipinski definition) is 3. The molecule has 4 heteroatoms. The number of Topliss-reactive ketones (excluding diaryl/α,β-unsaturated/α-hetero) is 1. The van der Waals surface area contributed by atoms with Crippen molar-refractivity contribution in [2.45, 2.75) is 26.5 Å². The summed E-state index contributed by atoms with van der Waals surface area (Å²) >= 11 is 0. The number of rotatable bonds is 5. The van der Waals surface area contributed by atoms with Crippen molar-refractivity contribution >= 4 is 16.7 Å². The van der Waals surface area contributed by atoms with Gasteiger partial charge in [0, 0.05) is 11.6 Å². The van der Waals surface area contributed by atoms with Crippen molar-refractivity contribution < 1.29 is 13.9 Å². The van der Waals surface area contributed by atoms with Gasteiger partial charge in [0.15, 0.2) is 5.76 Å². The fourth-order valence-corrected chi connectivity index (χ4v) is 2.36. The monoisotopic (exact) mass is 283 g/mol. The predicted octanol–water partition coefficient (Wildman–Crippen LogP) is 3.90. The lowest BCUT2D eigenvalue weighted by atomic mass is 10.2. The van der Waals surface area contributed by atoms with Crippen molar-refractivity contribution in [1.82, 2.24) is 4.57 Å². The van der Waals surface area contributed by atoms with Gasteiger partial charge in [-0.05, 0) is 44.2 Å². The summed E-state index contributed by atoms with van der Waals surface area (Å²) in [6.07, 6.45) is 3.53. The lowest BCUT2D eigenvalue weighted by Crippen LogP contribution is -2.09. The molecule has 0 amide bonds.